The molecule has 2 aliphatic heterocycles. The Morgan fingerprint density at radius 2 is 1.35 bits per heavy atom. The van der Waals surface area contributed by atoms with Gasteiger partial charge in [0.2, 0.25) is 11.8 Å². The maximum absolute atomic E-state index is 12.7. The lowest BCUT2D eigenvalue weighted by atomic mass is 10.0. The maximum Gasteiger partial charge on any atom is 0.410 e. The Morgan fingerprint density at radius 1 is 0.825 bits per heavy atom. The molecule has 2 atom stereocenters. The van der Waals surface area contributed by atoms with Gasteiger partial charge in [-0.15, -0.1) is 12.4 Å². The van der Waals surface area contributed by atoms with Gasteiger partial charge in [0.05, 0.1) is 6.04 Å². The van der Waals surface area contributed by atoms with Crippen LogP contribution in [0.25, 0.3) is 0 Å². The van der Waals surface area contributed by atoms with Crippen LogP contribution in [0, 0.1) is 0 Å². The smallest absolute Gasteiger partial charge is 0.410 e. The van der Waals surface area contributed by atoms with Crippen LogP contribution in [-0.4, -0.2) is 90.6 Å². The summed E-state index contributed by atoms with van der Waals surface area (Å²) in [6.45, 7) is 8.48. The van der Waals surface area contributed by atoms with Crippen molar-refractivity contribution in [1.82, 2.24) is 20.0 Å². The van der Waals surface area contributed by atoms with Crippen molar-refractivity contribution in [2.75, 3.05) is 40.3 Å². The third-order valence-corrected chi connectivity index (χ3v) is 6.85. The Morgan fingerprint density at radius 3 is 1.93 bits per heavy atom. The molecule has 0 radical (unpaired) electrons. The predicted molar refractivity (Wildman–Crippen MR) is 161 cm³/mol. The highest BCUT2D eigenvalue weighted by Crippen LogP contribution is 2.19. The van der Waals surface area contributed by atoms with E-state index in [0.29, 0.717) is 19.5 Å². The van der Waals surface area contributed by atoms with Crippen molar-refractivity contribution in [2.45, 2.75) is 64.1 Å². The number of hydrogen-bond donors (Lipinski definition) is 1. The zero-order chi connectivity index (χ0) is 28.4. The summed E-state index contributed by atoms with van der Waals surface area (Å²) in [5.74, 6) is 0.179. The van der Waals surface area contributed by atoms with Crippen molar-refractivity contribution >= 4 is 30.3 Å². The Bertz CT molecular complexity index is 1080. The molecule has 3 amide bonds. The van der Waals surface area contributed by atoms with Crippen LogP contribution in [0.5, 0.6) is 0 Å². The van der Waals surface area contributed by atoms with E-state index in [2.05, 4.69) is 17.4 Å². The summed E-state index contributed by atoms with van der Waals surface area (Å²) in [6.07, 6.45) is 2.66. The minimum atomic E-state index is -0.574. The first-order chi connectivity index (χ1) is 18.5. The molecule has 2 unspecified atom stereocenters. The van der Waals surface area contributed by atoms with E-state index in [-0.39, 0.29) is 30.3 Å². The minimum Gasteiger partial charge on any atom is -0.444 e. The SMILES string of the molecule is CN1CCCN(C(=O)OC(C)(C)C)C(Cc2ccccc2)C1=O.CN1CCCNC(Cc2ccccc2)C1=O.Cl. The van der Waals surface area contributed by atoms with E-state index in [9.17, 15) is 14.4 Å². The number of ether oxygens (including phenoxy) is 1. The second-order valence-electron chi connectivity index (χ2n) is 11.3. The number of halogens is 1. The van der Waals surface area contributed by atoms with E-state index in [0.717, 1.165) is 37.9 Å². The summed E-state index contributed by atoms with van der Waals surface area (Å²) in [7, 11) is 3.67. The van der Waals surface area contributed by atoms with Crippen LogP contribution in [0.2, 0.25) is 0 Å². The molecule has 2 fully saturated rings. The first-order valence-corrected chi connectivity index (χ1v) is 13.9. The predicted octanol–water partition coefficient (Wildman–Crippen LogP) is 4.17. The van der Waals surface area contributed by atoms with Crippen molar-refractivity contribution in [3.05, 3.63) is 71.8 Å². The highest BCUT2D eigenvalue weighted by Gasteiger charge is 2.36. The summed E-state index contributed by atoms with van der Waals surface area (Å²) >= 11 is 0. The molecule has 2 saturated heterocycles. The standard InChI is InChI=1S/C18H26N2O3.C13H18N2O.ClH/c1-18(2,3)23-17(22)20-12-8-11-19(4)16(21)15(20)13-14-9-6-5-7-10-14;1-15-9-5-8-14-12(13(15)16)10-11-6-3-2-4-7-11;/h5-7,9-10,15H,8,11-13H2,1-4H3;2-4,6-7,12,14H,5,8-10H2,1H3;1H. The number of amides is 3. The molecule has 0 spiro atoms. The van der Waals surface area contributed by atoms with Gasteiger partial charge in [0.25, 0.3) is 0 Å². The second-order valence-corrected chi connectivity index (χ2v) is 11.3. The zero-order valence-electron chi connectivity index (χ0n) is 24.5. The summed E-state index contributed by atoms with van der Waals surface area (Å²) < 4.78 is 5.50. The zero-order valence-corrected chi connectivity index (χ0v) is 25.3. The largest absolute Gasteiger partial charge is 0.444 e. The third kappa shape index (κ3) is 10.1. The quantitative estimate of drug-likeness (QED) is 0.595. The van der Waals surface area contributed by atoms with Crippen LogP contribution < -0.4 is 5.32 Å². The molecule has 220 valence electrons. The summed E-state index contributed by atoms with van der Waals surface area (Å²) in [5, 5.41) is 3.32. The number of rotatable bonds is 4. The molecule has 2 heterocycles. The molecule has 8 nitrogen and oxygen atoms in total. The summed E-state index contributed by atoms with van der Waals surface area (Å²) in [5.41, 5.74) is 1.67. The molecular weight excluding hydrogens is 528 g/mol. The van der Waals surface area contributed by atoms with Gasteiger partial charge >= 0.3 is 6.09 Å². The van der Waals surface area contributed by atoms with E-state index in [1.165, 1.54) is 5.56 Å². The Balaban J connectivity index is 0.000000290. The van der Waals surface area contributed by atoms with E-state index in [1.54, 1.807) is 16.8 Å². The van der Waals surface area contributed by atoms with E-state index in [1.807, 2.05) is 81.2 Å². The second kappa shape index (κ2) is 15.6. The van der Waals surface area contributed by atoms with E-state index in [4.69, 9.17) is 4.74 Å². The van der Waals surface area contributed by atoms with Gasteiger partial charge in [-0.1, -0.05) is 60.7 Å². The van der Waals surface area contributed by atoms with Crippen molar-refractivity contribution in [2.24, 2.45) is 0 Å². The summed E-state index contributed by atoms with van der Waals surface area (Å²) in [6, 6.07) is 19.4. The number of likely N-dealkylation sites (N-methyl/N-ethyl adjacent to an activating group) is 2. The molecule has 2 aromatic rings. The molecule has 40 heavy (non-hydrogen) atoms. The van der Waals surface area contributed by atoms with Crippen LogP contribution in [0.4, 0.5) is 4.79 Å². The lowest BCUT2D eigenvalue weighted by Gasteiger charge is -2.32. The van der Waals surface area contributed by atoms with Gasteiger partial charge in [-0.25, -0.2) is 4.79 Å². The van der Waals surface area contributed by atoms with Crippen molar-refractivity contribution in [3.63, 3.8) is 0 Å². The fourth-order valence-corrected chi connectivity index (χ4v) is 4.77. The van der Waals surface area contributed by atoms with Crippen LogP contribution in [0.3, 0.4) is 0 Å². The van der Waals surface area contributed by atoms with Crippen LogP contribution >= 0.6 is 12.4 Å². The van der Waals surface area contributed by atoms with Crippen LogP contribution in [0.15, 0.2) is 60.7 Å². The Hall–Kier alpha value is -3.10. The van der Waals surface area contributed by atoms with Crippen molar-refractivity contribution in [3.8, 4) is 0 Å². The average Bonchev–Trinajstić information content (AvgIpc) is 3.14. The third-order valence-electron chi connectivity index (χ3n) is 6.85. The van der Waals surface area contributed by atoms with Gasteiger partial charge in [0.1, 0.15) is 11.6 Å². The van der Waals surface area contributed by atoms with Crippen molar-refractivity contribution < 1.29 is 19.1 Å². The van der Waals surface area contributed by atoms with Gasteiger partial charge in [-0.2, -0.15) is 0 Å². The molecule has 1 N–H and O–H groups in total. The maximum atomic E-state index is 12.7. The minimum absolute atomic E-state index is 0. The lowest BCUT2D eigenvalue weighted by Crippen LogP contribution is -2.50. The molecular formula is C31H45ClN4O4. The molecule has 0 saturated carbocycles. The highest BCUT2D eigenvalue weighted by atomic mass is 35.5. The van der Waals surface area contributed by atoms with Gasteiger partial charge in [-0.3, -0.25) is 14.5 Å². The van der Waals surface area contributed by atoms with Crippen molar-refractivity contribution in [1.29, 1.82) is 0 Å². The molecule has 4 rings (SSSR count). The first kappa shape index (κ1) is 33.1. The monoisotopic (exact) mass is 572 g/mol. The lowest BCUT2D eigenvalue weighted by molar-refractivity contribution is -0.134. The number of benzene rings is 2. The van der Waals surface area contributed by atoms with E-state index >= 15 is 0 Å². The number of nitrogens with one attached hydrogen (secondary N) is 1. The fraction of sp³-hybridized carbons (Fsp3) is 0.516. The Labute approximate surface area is 245 Å². The van der Waals surface area contributed by atoms with Gasteiger partial charge < -0.3 is 19.9 Å². The molecule has 0 aliphatic carbocycles. The first-order valence-electron chi connectivity index (χ1n) is 13.9. The number of carbonyl (C=O) groups is 3. The highest BCUT2D eigenvalue weighted by molar-refractivity contribution is 5.86. The number of nitrogens with zero attached hydrogens (tertiary/aromatic N) is 3. The molecule has 0 bridgehead atoms. The van der Waals surface area contributed by atoms with Gasteiger partial charge in [0.15, 0.2) is 0 Å². The molecule has 9 heteroatoms. The summed E-state index contributed by atoms with van der Waals surface area (Å²) in [4.78, 5) is 42.4. The van der Waals surface area contributed by atoms with E-state index < -0.39 is 17.7 Å². The number of carbonyl (C=O) groups excluding carboxylic acids is 3. The topological polar surface area (TPSA) is 82.2 Å². The van der Waals surface area contributed by atoms with Gasteiger partial charge in [0, 0.05) is 40.2 Å². The fourth-order valence-electron chi connectivity index (χ4n) is 4.77. The molecule has 2 aromatic carbocycles. The Kier molecular flexibility index (Phi) is 12.9. The normalized spacial score (nSPS) is 20.0. The molecule has 0 aromatic heterocycles. The average molecular weight is 573 g/mol. The number of hydrogen-bond acceptors (Lipinski definition) is 5. The van der Waals surface area contributed by atoms with Crippen LogP contribution in [-0.2, 0) is 27.2 Å². The molecule has 2 aliphatic rings. The van der Waals surface area contributed by atoms with Crippen LogP contribution in [0.1, 0.15) is 44.7 Å². The van der Waals surface area contributed by atoms with Gasteiger partial charge in [-0.05, 0) is 57.7 Å².